The molecule has 0 saturated heterocycles. The molecule has 0 aromatic heterocycles. The molecule has 0 N–H and O–H groups in total. The Labute approximate surface area is 117 Å². The van der Waals surface area contributed by atoms with Crippen LogP contribution in [0.4, 0.5) is 0 Å². The largest absolute Gasteiger partial charge is 0.0794 e. The Hall–Kier alpha value is -1.08. The van der Waals surface area contributed by atoms with Crippen LogP contribution in [0.1, 0.15) is 29.2 Å². The third kappa shape index (κ3) is 1.91. The second-order valence-electron chi connectivity index (χ2n) is 5.09. The lowest BCUT2D eigenvalue weighted by atomic mass is 9.95. The number of aryl methyl sites for hydroxylation is 1. The van der Waals surface area contributed by atoms with Gasteiger partial charge in [0.15, 0.2) is 0 Å². The maximum Gasteiger partial charge on any atom is 0.0586 e. The average Bonchev–Trinajstić information content (AvgIpc) is 2.77. The fourth-order valence-electron chi connectivity index (χ4n) is 3.00. The molecule has 1 unspecified atom stereocenters. The lowest BCUT2D eigenvalue weighted by Gasteiger charge is -2.22. The number of hydrogen-bond donors (Lipinski definition) is 0. The summed E-state index contributed by atoms with van der Waals surface area (Å²) in [6, 6.07) is 17.5. The summed E-state index contributed by atoms with van der Waals surface area (Å²) in [5.74, 6) is 0. The van der Waals surface area contributed by atoms with E-state index in [4.69, 9.17) is 0 Å². The standard InChI is InChI=1S/C17H17Br/c1-2-13-7-6-8-14-11-17(18,12-16(13)14)15-9-4-3-5-10-15/h3-10H,2,11-12H2,1H3. The molecule has 0 radical (unpaired) electrons. The molecular formula is C17H17Br. The van der Waals surface area contributed by atoms with Crippen LogP contribution < -0.4 is 0 Å². The van der Waals surface area contributed by atoms with Crippen LogP contribution in [-0.4, -0.2) is 0 Å². The zero-order chi connectivity index (χ0) is 12.6. The minimum atomic E-state index is 0.0991. The molecule has 1 heteroatoms. The summed E-state index contributed by atoms with van der Waals surface area (Å²) in [5.41, 5.74) is 5.96. The van der Waals surface area contributed by atoms with Gasteiger partial charge in [0.25, 0.3) is 0 Å². The highest BCUT2D eigenvalue weighted by Gasteiger charge is 2.36. The number of fused-ring (bicyclic) bond motifs is 1. The van der Waals surface area contributed by atoms with E-state index in [-0.39, 0.29) is 4.32 Å². The second-order valence-corrected chi connectivity index (χ2v) is 6.61. The molecule has 0 aliphatic heterocycles. The number of benzene rings is 2. The van der Waals surface area contributed by atoms with Gasteiger partial charge in [-0.1, -0.05) is 71.4 Å². The molecule has 0 heterocycles. The minimum absolute atomic E-state index is 0.0991. The fourth-order valence-corrected chi connectivity index (χ4v) is 3.84. The predicted molar refractivity (Wildman–Crippen MR) is 80.3 cm³/mol. The van der Waals surface area contributed by atoms with Crippen molar-refractivity contribution >= 4 is 15.9 Å². The summed E-state index contributed by atoms with van der Waals surface area (Å²) in [6.45, 7) is 2.24. The van der Waals surface area contributed by atoms with Crippen molar-refractivity contribution in [3.63, 3.8) is 0 Å². The first-order valence-corrected chi connectivity index (χ1v) is 7.36. The van der Waals surface area contributed by atoms with Crippen molar-refractivity contribution in [3.05, 3.63) is 70.8 Å². The van der Waals surface area contributed by atoms with Crippen LogP contribution >= 0.6 is 15.9 Å². The highest BCUT2D eigenvalue weighted by Crippen LogP contribution is 2.45. The van der Waals surface area contributed by atoms with E-state index in [9.17, 15) is 0 Å². The monoisotopic (exact) mass is 300 g/mol. The third-order valence-electron chi connectivity index (χ3n) is 3.97. The van der Waals surface area contributed by atoms with Crippen LogP contribution in [0.15, 0.2) is 48.5 Å². The first-order valence-electron chi connectivity index (χ1n) is 6.57. The average molecular weight is 301 g/mol. The minimum Gasteiger partial charge on any atom is -0.0794 e. The molecule has 1 aliphatic carbocycles. The van der Waals surface area contributed by atoms with Crippen molar-refractivity contribution in [3.8, 4) is 0 Å². The lowest BCUT2D eigenvalue weighted by molar-refractivity contribution is 0.684. The molecule has 0 amide bonds. The molecule has 1 aliphatic rings. The summed E-state index contributed by atoms with van der Waals surface area (Å²) in [5, 5.41) is 0. The van der Waals surface area contributed by atoms with Gasteiger partial charge in [-0.15, -0.1) is 0 Å². The second kappa shape index (κ2) is 4.55. The Balaban J connectivity index is 2.02. The number of hydrogen-bond acceptors (Lipinski definition) is 0. The maximum atomic E-state index is 4.00. The van der Waals surface area contributed by atoms with Crippen molar-refractivity contribution in [1.82, 2.24) is 0 Å². The van der Waals surface area contributed by atoms with Crippen LogP contribution in [0.3, 0.4) is 0 Å². The summed E-state index contributed by atoms with van der Waals surface area (Å²) in [6.07, 6.45) is 3.33. The molecular weight excluding hydrogens is 284 g/mol. The first-order chi connectivity index (χ1) is 8.73. The first kappa shape index (κ1) is 12.0. The van der Waals surface area contributed by atoms with E-state index in [0.29, 0.717) is 0 Å². The topological polar surface area (TPSA) is 0 Å². The Morgan fingerprint density at radius 3 is 2.50 bits per heavy atom. The van der Waals surface area contributed by atoms with Gasteiger partial charge in [-0.2, -0.15) is 0 Å². The van der Waals surface area contributed by atoms with E-state index in [2.05, 4.69) is 71.4 Å². The van der Waals surface area contributed by atoms with Gasteiger partial charge in [0.1, 0.15) is 0 Å². The molecule has 3 rings (SSSR count). The van der Waals surface area contributed by atoms with Crippen molar-refractivity contribution in [2.45, 2.75) is 30.5 Å². The van der Waals surface area contributed by atoms with Gasteiger partial charge in [0, 0.05) is 0 Å². The lowest BCUT2D eigenvalue weighted by Crippen LogP contribution is -2.18. The van der Waals surface area contributed by atoms with Gasteiger partial charge in [-0.05, 0) is 41.5 Å². The van der Waals surface area contributed by atoms with Crippen molar-refractivity contribution < 1.29 is 0 Å². The van der Waals surface area contributed by atoms with E-state index in [0.717, 1.165) is 19.3 Å². The number of halogens is 1. The smallest absolute Gasteiger partial charge is 0.0586 e. The summed E-state index contributed by atoms with van der Waals surface area (Å²) in [4.78, 5) is 0. The molecule has 18 heavy (non-hydrogen) atoms. The molecule has 0 fully saturated rings. The third-order valence-corrected chi connectivity index (χ3v) is 4.99. The molecule has 0 bridgehead atoms. The highest BCUT2D eigenvalue weighted by molar-refractivity contribution is 9.09. The zero-order valence-corrected chi connectivity index (χ0v) is 12.2. The van der Waals surface area contributed by atoms with Crippen LogP contribution in [-0.2, 0) is 23.6 Å². The van der Waals surface area contributed by atoms with Crippen molar-refractivity contribution in [2.75, 3.05) is 0 Å². The molecule has 0 saturated carbocycles. The van der Waals surface area contributed by atoms with E-state index >= 15 is 0 Å². The summed E-state index contributed by atoms with van der Waals surface area (Å²) >= 11 is 4.00. The Kier molecular flexibility index (Phi) is 3.03. The van der Waals surface area contributed by atoms with Crippen LogP contribution in [0.5, 0.6) is 0 Å². The van der Waals surface area contributed by atoms with Crippen molar-refractivity contribution in [2.24, 2.45) is 0 Å². The number of alkyl halides is 1. The van der Waals surface area contributed by atoms with E-state index in [1.165, 1.54) is 16.7 Å². The summed E-state index contributed by atoms with van der Waals surface area (Å²) < 4.78 is 0.0991. The highest BCUT2D eigenvalue weighted by atomic mass is 79.9. The molecule has 0 spiro atoms. The molecule has 92 valence electrons. The SMILES string of the molecule is CCc1cccc2c1CC(Br)(c1ccccc1)C2. The quantitative estimate of drug-likeness (QED) is 0.709. The Morgan fingerprint density at radius 1 is 1.00 bits per heavy atom. The zero-order valence-electron chi connectivity index (χ0n) is 10.6. The van der Waals surface area contributed by atoms with Gasteiger partial charge < -0.3 is 0 Å². The van der Waals surface area contributed by atoms with Crippen LogP contribution in [0.25, 0.3) is 0 Å². The van der Waals surface area contributed by atoms with E-state index < -0.39 is 0 Å². The van der Waals surface area contributed by atoms with Crippen molar-refractivity contribution in [1.29, 1.82) is 0 Å². The molecule has 2 aromatic carbocycles. The van der Waals surface area contributed by atoms with Gasteiger partial charge in [-0.3, -0.25) is 0 Å². The number of rotatable bonds is 2. The van der Waals surface area contributed by atoms with Gasteiger partial charge in [0.05, 0.1) is 4.32 Å². The van der Waals surface area contributed by atoms with Gasteiger partial charge in [-0.25, -0.2) is 0 Å². The molecule has 1 atom stereocenters. The van der Waals surface area contributed by atoms with E-state index in [1.807, 2.05) is 0 Å². The molecule has 0 nitrogen and oxygen atoms in total. The fraction of sp³-hybridized carbons (Fsp3) is 0.294. The molecule has 2 aromatic rings. The van der Waals surface area contributed by atoms with Crippen LogP contribution in [0.2, 0.25) is 0 Å². The summed E-state index contributed by atoms with van der Waals surface area (Å²) in [7, 11) is 0. The normalized spacial score (nSPS) is 21.9. The van der Waals surface area contributed by atoms with Gasteiger partial charge >= 0.3 is 0 Å². The Morgan fingerprint density at radius 2 is 1.78 bits per heavy atom. The Bertz CT molecular complexity index is 559. The predicted octanol–water partition coefficient (Wildman–Crippen LogP) is 4.64. The van der Waals surface area contributed by atoms with Crippen LogP contribution in [0, 0.1) is 0 Å². The maximum absolute atomic E-state index is 4.00. The van der Waals surface area contributed by atoms with E-state index in [1.54, 1.807) is 5.56 Å². The van der Waals surface area contributed by atoms with Gasteiger partial charge in [0.2, 0.25) is 0 Å².